The van der Waals surface area contributed by atoms with E-state index in [4.69, 9.17) is 4.74 Å². The van der Waals surface area contributed by atoms with E-state index in [2.05, 4.69) is 15.6 Å². The van der Waals surface area contributed by atoms with Crippen molar-refractivity contribution < 1.29 is 22.7 Å². The zero-order chi connectivity index (χ0) is 19.3. The van der Waals surface area contributed by atoms with Crippen LogP contribution in [-0.2, 0) is 12.7 Å². The number of hydrogen-bond acceptors (Lipinski definition) is 4. The summed E-state index contributed by atoms with van der Waals surface area (Å²) < 4.78 is 43.1. The minimum absolute atomic E-state index is 0.254. The van der Waals surface area contributed by atoms with Gasteiger partial charge in [0.25, 0.3) is 5.19 Å². The fraction of sp³-hybridized carbons (Fsp3) is 0.111. The van der Waals surface area contributed by atoms with Crippen molar-refractivity contribution in [1.82, 2.24) is 10.3 Å². The summed E-state index contributed by atoms with van der Waals surface area (Å²) in [5.74, 6) is 0.628. The van der Waals surface area contributed by atoms with Crippen molar-refractivity contribution in [3.63, 3.8) is 0 Å². The van der Waals surface area contributed by atoms with Gasteiger partial charge in [0.2, 0.25) is 0 Å². The molecular weight excluding hydrogens is 379 g/mol. The van der Waals surface area contributed by atoms with Crippen LogP contribution in [0, 0.1) is 0 Å². The monoisotopic (exact) mass is 393 g/mol. The van der Waals surface area contributed by atoms with Gasteiger partial charge in [-0.15, -0.1) is 0 Å². The number of anilines is 1. The lowest BCUT2D eigenvalue weighted by molar-refractivity contribution is -0.137. The Hall–Kier alpha value is -3.07. The second-order valence-electron chi connectivity index (χ2n) is 5.43. The summed E-state index contributed by atoms with van der Waals surface area (Å²) >= 11 is 1.38. The molecule has 0 spiro atoms. The van der Waals surface area contributed by atoms with Gasteiger partial charge in [0.05, 0.1) is 5.56 Å². The highest BCUT2D eigenvalue weighted by atomic mass is 32.1. The van der Waals surface area contributed by atoms with E-state index in [1.807, 2.05) is 5.38 Å². The predicted molar refractivity (Wildman–Crippen MR) is 95.9 cm³/mol. The molecule has 27 heavy (non-hydrogen) atoms. The molecule has 2 amide bonds. The number of nitrogens with zero attached hydrogens (tertiary/aromatic N) is 1. The zero-order valence-electron chi connectivity index (χ0n) is 13.8. The summed E-state index contributed by atoms with van der Waals surface area (Å²) in [7, 11) is 0. The third-order valence-corrected chi connectivity index (χ3v) is 4.11. The van der Waals surface area contributed by atoms with E-state index in [1.165, 1.54) is 23.5 Å². The normalized spacial score (nSPS) is 11.1. The molecule has 2 N–H and O–H groups in total. The number of urea groups is 1. The van der Waals surface area contributed by atoms with Gasteiger partial charge in [-0.05, 0) is 42.0 Å². The molecule has 2 aromatic carbocycles. The highest BCUT2D eigenvalue weighted by Gasteiger charge is 2.29. The van der Waals surface area contributed by atoms with E-state index in [-0.39, 0.29) is 12.2 Å². The highest BCUT2D eigenvalue weighted by Crippen LogP contribution is 2.29. The molecule has 0 saturated carbocycles. The zero-order valence-corrected chi connectivity index (χ0v) is 14.6. The predicted octanol–water partition coefficient (Wildman–Crippen LogP) is 5.28. The number of thiazole rings is 1. The molecule has 0 fully saturated rings. The lowest BCUT2D eigenvalue weighted by Crippen LogP contribution is -2.28. The summed E-state index contributed by atoms with van der Waals surface area (Å²) in [5.41, 5.74) is 0.338. The largest absolute Gasteiger partial charge is 0.431 e. The van der Waals surface area contributed by atoms with Crippen molar-refractivity contribution >= 4 is 23.1 Å². The second-order valence-corrected chi connectivity index (χ2v) is 6.28. The Morgan fingerprint density at radius 2 is 1.78 bits per heavy atom. The fourth-order valence-corrected chi connectivity index (χ4v) is 2.64. The van der Waals surface area contributed by atoms with E-state index in [9.17, 15) is 18.0 Å². The summed E-state index contributed by atoms with van der Waals surface area (Å²) in [5, 5.41) is 7.46. The van der Waals surface area contributed by atoms with Crippen LogP contribution in [0.4, 0.5) is 23.7 Å². The average Bonchev–Trinajstić information content (AvgIpc) is 3.14. The summed E-state index contributed by atoms with van der Waals surface area (Å²) in [6.07, 6.45) is -2.76. The van der Waals surface area contributed by atoms with Crippen LogP contribution in [0.15, 0.2) is 60.1 Å². The van der Waals surface area contributed by atoms with E-state index in [0.29, 0.717) is 10.9 Å². The number of halogens is 3. The van der Waals surface area contributed by atoms with E-state index in [1.54, 1.807) is 30.5 Å². The standard InChI is InChI=1S/C18H14F3N3O2S/c19-18(20,21)13-3-5-14(6-4-13)24-16(25)23-11-12-1-7-15(8-2-12)26-17-22-9-10-27-17/h1-10H,11H2,(H2,23,24,25). The van der Waals surface area contributed by atoms with Crippen molar-refractivity contribution in [3.8, 4) is 10.9 Å². The summed E-state index contributed by atoms with van der Waals surface area (Å²) in [6, 6.07) is 10.8. The fourth-order valence-electron chi connectivity index (χ4n) is 2.14. The highest BCUT2D eigenvalue weighted by molar-refractivity contribution is 7.11. The first-order chi connectivity index (χ1) is 12.9. The van der Waals surface area contributed by atoms with Gasteiger partial charge in [-0.1, -0.05) is 23.5 Å². The van der Waals surface area contributed by atoms with Crippen LogP contribution in [0.5, 0.6) is 10.9 Å². The Balaban J connectivity index is 1.48. The number of amides is 2. The minimum atomic E-state index is -4.41. The first-order valence-electron chi connectivity index (χ1n) is 7.78. The Morgan fingerprint density at radius 3 is 2.37 bits per heavy atom. The summed E-state index contributed by atoms with van der Waals surface area (Å²) in [4.78, 5) is 15.9. The van der Waals surface area contributed by atoms with Gasteiger partial charge in [-0.3, -0.25) is 0 Å². The number of nitrogens with one attached hydrogen (secondary N) is 2. The minimum Gasteiger partial charge on any atom is -0.431 e. The third kappa shape index (κ3) is 5.45. The van der Waals surface area contributed by atoms with Gasteiger partial charge in [0, 0.05) is 23.8 Å². The van der Waals surface area contributed by atoms with E-state index in [0.717, 1.165) is 17.7 Å². The number of rotatable bonds is 5. The first kappa shape index (κ1) is 18.7. The van der Waals surface area contributed by atoms with Gasteiger partial charge in [0.1, 0.15) is 5.75 Å². The third-order valence-electron chi connectivity index (χ3n) is 3.46. The molecule has 0 saturated heterocycles. The van der Waals surface area contributed by atoms with Crippen molar-refractivity contribution in [2.24, 2.45) is 0 Å². The maximum Gasteiger partial charge on any atom is 0.416 e. The van der Waals surface area contributed by atoms with Crippen LogP contribution in [0.25, 0.3) is 0 Å². The smallest absolute Gasteiger partial charge is 0.416 e. The number of carbonyl (C=O) groups is 1. The van der Waals surface area contributed by atoms with Crippen LogP contribution in [0.2, 0.25) is 0 Å². The molecule has 5 nitrogen and oxygen atoms in total. The molecule has 9 heteroatoms. The molecule has 0 aliphatic heterocycles. The van der Waals surface area contributed by atoms with Crippen LogP contribution >= 0.6 is 11.3 Å². The van der Waals surface area contributed by atoms with E-state index < -0.39 is 17.8 Å². The lowest BCUT2D eigenvalue weighted by Gasteiger charge is -2.10. The molecule has 0 atom stereocenters. The van der Waals surface area contributed by atoms with E-state index >= 15 is 0 Å². The van der Waals surface area contributed by atoms with Gasteiger partial charge in [0.15, 0.2) is 0 Å². The molecule has 0 aliphatic carbocycles. The topological polar surface area (TPSA) is 63.2 Å². The van der Waals surface area contributed by atoms with Crippen LogP contribution in [-0.4, -0.2) is 11.0 Å². The van der Waals surface area contributed by atoms with Crippen LogP contribution in [0.1, 0.15) is 11.1 Å². The molecule has 3 aromatic rings. The van der Waals surface area contributed by atoms with Gasteiger partial charge < -0.3 is 15.4 Å². The molecule has 140 valence electrons. The quantitative estimate of drug-likeness (QED) is 0.620. The SMILES string of the molecule is O=C(NCc1ccc(Oc2nccs2)cc1)Nc1ccc(C(F)(F)F)cc1. The van der Waals surface area contributed by atoms with Gasteiger partial charge in [-0.2, -0.15) is 13.2 Å². The molecule has 1 aromatic heterocycles. The van der Waals surface area contributed by atoms with Crippen molar-refractivity contribution in [1.29, 1.82) is 0 Å². The average molecular weight is 393 g/mol. The maximum atomic E-state index is 12.5. The maximum absolute atomic E-state index is 12.5. The number of carbonyl (C=O) groups excluding carboxylic acids is 1. The number of alkyl halides is 3. The Kier molecular flexibility index (Phi) is 5.60. The molecule has 3 rings (SSSR count). The first-order valence-corrected chi connectivity index (χ1v) is 8.66. The van der Waals surface area contributed by atoms with Gasteiger partial charge in [-0.25, -0.2) is 9.78 Å². The molecule has 0 bridgehead atoms. The molecule has 0 unspecified atom stereocenters. The van der Waals surface area contributed by atoms with Gasteiger partial charge >= 0.3 is 12.2 Å². The summed E-state index contributed by atoms with van der Waals surface area (Å²) in [6.45, 7) is 0.254. The molecule has 0 radical (unpaired) electrons. The molecule has 1 heterocycles. The number of benzene rings is 2. The number of hydrogen-bond donors (Lipinski definition) is 2. The number of aromatic nitrogens is 1. The van der Waals surface area contributed by atoms with Crippen molar-refractivity contribution in [2.45, 2.75) is 12.7 Å². The number of ether oxygens (including phenoxy) is 1. The van der Waals surface area contributed by atoms with Crippen LogP contribution < -0.4 is 15.4 Å². The second kappa shape index (κ2) is 8.09. The van der Waals surface area contributed by atoms with Crippen molar-refractivity contribution in [2.75, 3.05) is 5.32 Å². The molecule has 0 aliphatic rings. The lowest BCUT2D eigenvalue weighted by atomic mass is 10.2. The van der Waals surface area contributed by atoms with Crippen LogP contribution in [0.3, 0.4) is 0 Å². The molecular formula is C18H14F3N3O2S. The Morgan fingerprint density at radius 1 is 1.07 bits per heavy atom. The van der Waals surface area contributed by atoms with Crippen molar-refractivity contribution in [3.05, 3.63) is 71.2 Å². The Bertz CT molecular complexity index is 880. The Labute approximate surface area is 156 Å².